The minimum Gasteiger partial charge on any atom is -0.493 e. The Morgan fingerprint density at radius 2 is 1.80 bits per heavy atom. The van der Waals surface area contributed by atoms with Crippen LogP contribution in [0.2, 0.25) is 0 Å². The Bertz CT molecular complexity index is 1090. The number of carbonyl (C=O) groups is 1. The van der Waals surface area contributed by atoms with Gasteiger partial charge in [0.05, 0.1) is 36.1 Å². The van der Waals surface area contributed by atoms with Gasteiger partial charge in [-0.25, -0.2) is 4.68 Å². The van der Waals surface area contributed by atoms with Crippen LogP contribution in [0.25, 0.3) is 5.69 Å². The van der Waals surface area contributed by atoms with Crippen LogP contribution in [0.15, 0.2) is 42.5 Å². The van der Waals surface area contributed by atoms with Gasteiger partial charge in [-0.3, -0.25) is 4.79 Å². The van der Waals surface area contributed by atoms with Crippen molar-refractivity contribution in [2.75, 3.05) is 19.5 Å². The van der Waals surface area contributed by atoms with Crippen molar-refractivity contribution in [2.45, 2.75) is 31.3 Å². The van der Waals surface area contributed by atoms with E-state index in [9.17, 15) is 4.79 Å². The summed E-state index contributed by atoms with van der Waals surface area (Å²) in [4.78, 5) is 12.8. The van der Waals surface area contributed by atoms with E-state index < -0.39 is 0 Å². The lowest BCUT2D eigenvalue weighted by Gasteiger charge is -2.21. The number of hydrogen-bond acceptors (Lipinski definition) is 5. The summed E-state index contributed by atoms with van der Waals surface area (Å²) >= 11 is 1.58. The Morgan fingerprint density at radius 3 is 2.47 bits per heavy atom. The second-order valence-corrected chi connectivity index (χ2v) is 8.78. The zero-order valence-corrected chi connectivity index (χ0v) is 18.5. The van der Waals surface area contributed by atoms with Crippen molar-refractivity contribution in [3.63, 3.8) is 0 Å². The predicted octanol–water partition coefficient (Wildman–Crippen LogP) is 4.67. The molecule has 1 amide bonds. The first-order chi connectivity index (χ1) is 14.4. The fourth-order valence-electron chi connectivity index (χ4n) is 3.75. The summed E-state index contributed by atoms with van der Waals surface area (Å²) < 4.78 is 13.0. The molecule has 2 heterocycles. The highest BCUT2D eigenvalue weighted by molar-refractivity contribution is 8.01. The second-order valence-electron chi connectivity index (χ2n) is 7.33. The third-order valence-electron chi connectivity index (χ3n) is 5.31. The summed E-state index contributed by atoms with van der Waals surface area (Å²) in [5, 5.41) is 7.51. The molecule has 30 heavy (non-hydrogen) atoms. The third-order valence-corrected chi connectivity index (χ3v) is 6.70. The Kier molecular flexibility index (Phi) is 5.47. The average Bonchev–Trinajstić information content (AvgIpc) is 2.99. The maximum absolute atomic E-state index is 12.8. The molecule has 0 aliphatic carbocycles. The van der Waals surface area contributed by atoms with Gasteiger partial charge in [0.15, 0.2) is 11.5 Å². The maximum Gasteiger partial charge on any atom is 0.238 e. The molecule has 3 aromatic rings. The lowest BCUT2D eigenvalue weighted by Crippen LogP contribution is -2.22. The number of aryl methyl sites for hydroxylation is 2. The summed E-state index contributed by atoms with van der Waals surface area (Å²) in [7, 11) is 3.26. The first-order valence-electron chi connectivity index (χ1n) is 9.78. The number of anilines is 1. The van der Waals surface area contributed by atoms with Crippen molar-refractivity contribution >= 4 is 23.5 Å². The van der Waals surface area contributed by atoms with Crippen molar-refractivity contribution < 1.29 is 14.3 Å². The van der Waals surface area contributed by atoms with Crippen LogP contribution in [0.3, 0.4) is 0 Å². The normalized spacial score (nSPS) is 18.4. The van der Waals surface area contributed by atoms with Crippen molar-refractivity contribution in [3.8, 4) is 17.2 Å². The van der Waals surface area contributed by atoms with E-state index in [1.165, 1.54) is 5.56 Å². The number of thioether (sulfide) groups is 1. The molecule has 2 aromatic carbocycles. The zero-order valence-electron chi connectivity index (χ0n) is 17.7. The van der Waals surface area contributed by atoms with E-state index in [-0.39, 0.29) is 16.4 Å². The van der Waals surface area contributed by atoms with E-state index in [4.69, 9.17) is 14.6 Å². The number of nitrogens with zero attached hydrogens (tertiary/aromatic N) is 2. The summed E-state index contributed by atoms with van der Waals surface area (Å²) in [6, 6.07) is 13.9. The Hall–Kier alpha value is -2.93. The predicted molar refractivity (Wildman–Crippen MR) is 120 cm³/mol. The number of rotatable bonds is 4. The number of methoxy groups -OCH3 is 2. The molecule has 6 nitrogen and oxygen atoms in total. The topological polar surface area (TPSA) is 65.4 Å². The third kappa shape index (κ3) is 3.43. The molecule has 2 atom stereocenters. The number of nitrogens with one attached hydrogen (secondary N) is 1. The van der Waals surface area contributed by atoms with Gasteiger partial charge in [-0.05, 0) is 39.0 Å². The van der Waals surface area contributed by atoms with E-state index >= 15 is 0 Å². The van der Waals surface area contributed by atoms with Crippen molar-refractivity contribution in [1.82, 2.24) is 9.78 Å². The summed E-state index contributed by atoms with van der Waals surface area (Å²) in [5.74, 6) is 2.00. The summed E-state index contributed by atoms with van der Waals surface area (Å²) in [6.07, 6.45) is 0. The molecule has 0 spiro atoms. The highest BCUT2D eigenvalue weighted by Gasteiger charge is 2.35. The van der Waals surface area contributed by atoms with E-state index in [0.29, 0.717) is 17.3 Å². The van der Waals surface area contributed by atoms with Crippen LogP contribution in [0.1, 0.15) is 34.6 Å². The molecule has 0 bridgehead atoms. The van der Waals surface area contributed by atoms with Crippen LogP contribution in [-0.4, -0.2) is 35.2 Å². The molecule has 1 aromatic heterocycles. The number of carbonyl (C=O) groups excluding carboxylic acids is 1. The average molecular weight is 424 g/mol. The first-order valence-corrected chi connectivity index (χ1v) is 10.7. The monoisotopic (exact) mass is 423 g/mol. The summed E-state index contributed by atoms with van der Waals surface area (Å²) in [6.45, 7) is 5.94. The van der Waals surface area contributed by atoms with Crippen LogP contribution in [0, 0.1) is 13.8 Å². The van der Waals surface area contributed by atoms with Gasteiger partial charge in [0.1, 0.15) is 5.82 Å². The molecule has 0 saturated heterocycles. The quantitative estimate of drug-likeness (QED) is 0.661. The van der Waals surface area contributed by atoms with Gasteiger partial charge in [0.25, 0.3) is 0 Å². The number of hydrogen-bond donors (Lipinski definition) is 1. The highest BCUT2D eigenvalue weighted by atomic mass is 32.2. The molecule has 1 aliphatic heterocycles. The molecule has 1 aliphatic rings. The molecular formula is C23H25N3O3S. The van der Waals surface area contributed by atoms with E-state index in [1.54, 1.807) is 26.0 Å². The number of aromatic nitrogens is 2. The van der Waals surface area contributed by atoms with Crippen molar-refractivity contribution in [1.29, 1.82) is 0 Å². The Labute approximate surface area is 180 Å². The van der Waals surface area contributed by atoms with Gasteiger partial charge < -0.3 is 14.8 Å². The standard InChI is InChI=1S/C23H25N3O3S/c1-13-9-11-16(12-10-13)26-22-19(14(2)25-26)21(30-15(3)23(27)24-22)17-7-6-8-18(28-4)20(17)29-5/h6-12,15,21H,1-5H3,(H,24,27). The molecule has 0 fully saturated rings. The van der Waals surface area contributed by atoms with Gasteiger partial charge in [0.2, 0.25) is 5.91 Å². The molecule has 1 N–H and O–H groups in total. The number of benzene rings is 2. The van der Waals surface area contributed by atoms with Gasteiger partial charge in [-0.15, -0.1) is 11.8 Å². The van der Waals surface area contributed by atoms with Crippen LogP contribution in [0.4, 0.5) is 5.82 Å². The number of fused-ring (bicyclic) bond motifs is 1. The van der Waals surface area contributed by atoms with Crippen molar-refractivity contribution in [2.24, 2.45) is 0 Å². The molecular weight excluding hydrogens is 398 g/mol. The minimum atomic E-state index is -0.246. The SMILES string of the molecule is COc1cccc(C2SC(C)C(=O)Nc3c2c(C)nn3-c2ccc(C)cc2)c1OC. The van der Waals surface area contributed by atoms with E-state index in [2.05, 4.69) is 5.32 Å². The van der Waals surface area contributed by atoms with Gasteiger partial charge in [-0.1, -0.05) is 29.8 Å². The van der Waals surface area contributed by atoms with Gasteiger partial charge in [0, 0.05) is 11.1 Å². The highest BCUT2D eigenvalue weighted by Crippen LogP contribution is 2.50. The fourth-order valence-corrected chi connectivity index (χ4v) is 5.09. The maximum atomic E-state index is 12.8. The number of para-hydroxylation sites is 1. The largest absolute Gasteiger partial charge is 0.493 e. The van der Waals surface area contributed by atoms with Crippen LogP contribution in [0.5, 0.6) is 11.5 Å². The molecule has 4 rings (SSSR count). The second kappa shape index (κ2) is 8.07. The smallest absolute Gasteiger partial charge is 0.238 e. The van der Waals surface area contributed by atoms with Crippen LogP contribution < -0.4 is 14.8 Å². The molecule has 156 valence electrons. The lowest BCUT2D eigenvalue weighted by molar-refractivity contribution is -0.115. The number of amides is 1. The van der Waals surface area contributed by atoms with Crippen LogP contribution in [-0.2, 0) is 4.79 Å². The van der Waals surface area contributed by atoms with Crippen molar-refractivity contribution in [3.05, 3.63) is 64.8 Å². The first kappa shape index (κ1) is 20.3. The summed E-state index contributed by atoms with van der Waals surface area (Å²) in [5.41, 5.74) is 4.87. The van der Waals surface area contributed by atoms with Gasteiger partial charge >= 0.3 is 0 Å². The fraction of sp³-hybridized carbons (Fsp3) is 0.304. The molecule has 2 unspecified atom stereocenters. The Balaban J connectivity index is 1.94. The molecule has 0 saturated carbocycles. The lowest BCUT2D eigenvalue weighted by atomic mass is 10.0. The minimum absolute atomic E-state index is 0.0427. The van der Waals surface area contributed by atoms with Crippen LogP contribution >= 0.6 is 11.8 Å². The zero-order chi connectivity index (χ0) is 21.4. The number of ether oxygens (including phenoxy) is 2. The van der Waals surface area contributed by atoms with Gasteiger partial charge in [-0.2, -0.15) is 5.10 Å². The van der Waals surface area contributed by atoms with E-state index in [0.717, 1.165) is 22.5 Å². The molecule has 7 heteroatoms. The molecule has 0 radical (unpaired) electrons. The van der Waals surface area contributed by atoms with E-state index in [1.807, 2.05) is 67.9 Å². The Morgan fingerprint density at radius 1 is 1.07 bits per heavy atom.